The number of hydrogen-bond donors (Lipinski definition) is 1. The van der Waals surface area contributed by atoms with E-state index in [1.165, 1.54) is 0 Å². The highest BCUT2D eigenvalue weighted by molar-refractivity contribution is 5.81. The zero-order valence-corrected chi connectivity index (χ0v) is 20.2. The molecule has 182 valence electrons. The van der Waals surface area contributed by atoms with E-state index in [4.69, 9.17) is 9.47 Å². The van der Waals surface area contributed by atoms with E-state index in [0.29, 0.717) is 57.1 Å². The van der Waals surface area contributed by atoms with Gasteiger partial charge in [0, 0.05) is 31.3 Å². The first-order valence-electron chi connectivity index (χ1n) is 11.7. The number of aromatic nitrogens is 5. The fourth-order valence-electron chi connectivity index (χ4n) is 4.59. The Morgan fingerprint density at radius 1 is 1.21 bits per heavy atom. The van der Waals surface area contributed by atoms with E-state index in [9.17, 15) is 9.59 Å². The summed E-state index contributed by atoms with van der Waals surface area (Å²) in [7, 11) is 1.63. The van der Waals surface area contributed by atoms with Crippen LogP contribution in [-0.4, -0.2) is 69.5 Å². The number of carbonyl (C=O) groups is 1. The maximum Gasteiger partial charge on any atom is 0.309 e. The Hall–Kier alpha value is -3.11. The Bertz CT molecular complexity index is 1210. The molecule has 1 saturated heterocycles. The Morgan fingerprint density at radius 2 is 1.94 bits per heavy atom. The number of pyridine rings is 1. The highest BCUT2D eigenvalue weighted by Crippen LogP contribution is 2.31. The molecule has 1 aliphatic rings. The molecule has 0 spiro atoms. The summed E-state index contributed by atoms with van der Waals surface area (Å²) in [5.74, 6) is 0.292. The third kappa shape index (κ3) is 4.88. The van der Waals surface area contributed by atoms with Crippen molar-refractivity contribution in [2.75, 3.05) is 33.4 Å². The van der Waals surface area contributed by atoms with Gasteiger partial charge >= 0.3 is 5.97 Å². The summed E-state index contributed by atoms with van der Waals surface area (Å²) in [4.78, 5) is 30.8. The number of benzene rings is 1. The van der Waals surface area contributed by atoms with Crippen molar-refractivity contribution in [1.29, 1.82) is 0 Å². The lowest BCUT2D eigenvalue weighted by Crippen LogP contribution is -2.42. The predicted octanol–water partition coefficient (Wildman–Crippen LogP) is 2.14. The SMILES string of the molecule is CCOC(=O)C1CCN([C@@H](c2cc3cc(C)c(C)cc3[nH]c2=O)c2nnnn2CCOC)CC1. The molecule has 1 fully saturated rings. The van der Waals surface area contributed by atoms with Gasteiger partial charge < -0.3 is 14.5 Å². The molecule has 1 atom stereocenters. The van der Waals surface area contributed by atoms with Crippen LogP contribution in [0.25, 0.3) is 10.9 Å². The predicted molar refractivity (Wildman–Crippen MR) is 127 cm³/mol. The normalized spacial score (nSPS) is 16.1. The van der Waals surface area contributed by atoms with Crippen LogP contribution in [0.1, 0.15) is 48.3 Å². The molecule has 10 heteroatoms. The second kappa shape index (κ2) is 10.4. The van der Waals surface area contributed by atoms with Crippen LogP contribution in [0.2, 0.25) is 0 Å². The molecular weight excluding hydrogens is 436 g/mol. The van der Waals surface area contributed by atoms with Crippen LogP contribution < -0.4 is 5.56 Å². The van der Waals surface area contributed by atoms with Gasteiger partial charge in [-0.1, -0.05) is 0 Å². The fraction of sp³-hybridized carbons (Fsp3) is 0.542. The standard InChI is InChI=1S/C24H32N6O4/c1-5-34-24(32)17-6-8-29(9-7-17)21(22-26-27-28-30(22)10-11-33-4)19-14-18-12-15(2)16(3)13-20(18)25-23(19)31/h12-14,17,21H,5-11H2,1-4H3,(H,25,31)/t21-/m0/s1. The highest BCUT2D eigenvalue weighted by Gasteiger charge is 2.35. The number of piperidine rings is 1. The smallest absolute Gasteiger partial charge is 0.309 e. The molecule has 3 heterocycles. The van der Waals surface area contributed by atoms with Crippen molar-refractivity contribution in [3.05, 3.63) is 51.1 Å². The Kier molecular flexibility index (Phi) is 7.38. The van der Waals surface area contributed by atoms with E-state index < -0.39 is 6.04 Å². The zero-order valence-electron chi connectivity index (χ0n) is 20.2. The minimum atomic E-state index is -0.454. The molecule has 1 aliphatic heterocycles. The fourth-order valence-corrected chi connectivity index (χ4v) is 4.59. The summed E-state index contributed by atoms with van der Waals surface area (Å²) in [5, 5.41) is 13.3. The van der Waals surface area contributed by atoms with Gasteiger partial charge in [0.2, 0.25) is 0 Å². The zero-order chi connectivity index (χ0) is 24.2. The highest BCUT2D eigenvalue weighted by atomic mass is 16.5. The largest absolute Gasteiger partial charge is 0.466 e. The third-order valence-electron chi connectivity index (χ3n) is 6.61. The lowest BCUT2D eigenvalue weighted by atomic mass is 9.93. The molecule has 1 N–H and O–H groups in total. The first-order valence-corrected chi connectivity index (χ1v) is 11.7. The molecular formula is C24H32N6O4. The van der Waals surface area contributed by atoms with Gasteiger partial charge in [-0.15, -0.1) is 5.10 Å². The molecule has 0 unspecified atom stereocenters. The van der Waals surface area contributed by atoms with Crippen LogP contribution in [0.3, 0.4) is 0 Å². The maximum absolute atomic E-state index is 13.3. The first-order chi connectivity index (χ1) is 16.4. The molecule has 0 amide bonds. The average Bonchev–Trinajstić information content (AvgIpc) is 3.28. The number of methoxy groups -OCH3 is 1. The van der Waals surface area contributed by atoms with E-state index in [2.05, 4.69) is 38.4 Å². The Labute approximate surface area is 198 Å². The Morgan fingerprint density at radius 3 is 2.65 bits per heavy atom. The number of tetrazole rings is 1. The minimum absolute atomic E-state index is 0.137. The van der Waals surface area contributed by atoms with E-state index in [1.54, 1.807) is 11.8 Å². The van der Waals surface area contributed by atoms with E-state index in [0.717, 1.165) is 22.0 Å². The van der Waals surface area contributed by atoms with Crippen molar-refractivity contribution in [2.24, 2.45) is 5.92 Å². The van der Waals surface area contributed by atoms with Crippen molar-refractivity contribution in [3.63, 3.8) is 0 Å². The number of nitrogens with zero attached hydrogens (tertiary/aromatic N) is 5. The monoisotopic (exact) mass is 468 g/mol. The van der Waals surface area contributed by atoms with Crippen molar-refractivity contribution < 1.29 is 14.3 Å². The van der Waals surface area contributed by atoms with Crippen LogP contribution >= 0.6 is 0 Å². The number of fused-ring (bicyclic) bond motifs is 1. The summed E-state index contributed by atoms with van der Waals surface area (Å²) in [5.41, 5.74) is 3.49. The molecule has 0 saturated carbocycles. The molecule has 2 aromatic heterocycles. The Balaban J connectivity index is 1.74. The summed E-state index contributed by atoms with van der Waals surface area (Å²) < 4.78 is 12.1. The summed E-state index contributed by atoms with van der Waals surface area (Å²) in [6.07, 6.45) is 1.30. The van der Waals surface area contributed by atoms with Crippen LogP contribution in [-0.2, 0) is 20.8 Å². The lowest BCUT2D eigenvalue weighted by molar-refractivity contribution is -0.149. The number of aromatic amines is 1. The topological polar surface area (TPSA) is 115 Å². The number of aryl methyl sites for hydroxylation is 2. The van der Waals surface area contributed by atoms with Crippen LogP contribution in [0.15, 0.2) is 23.0 Å². The van der Waals surface area contributed by atoms with Gasteiger partial charge in [-0.25, -0.2) is 4.68 Å². The molecule has 3 aromatic rings. The second-order valence-electron chi connectivity index (χ2n) is 8.80. The number of nitrogens with one attached hydrogen (secondary N) is 1. The maximum atomic E-state index is 13.3. The number of likely N-dealkylation sites (tertiary alicyclic amines) is 1. The van der Waals surface area contributed by atoms with E-state index in [-0.39, 0.29) is 17.4 Å². The third-order valence-corrected chi connectivity index (χ3v) is 6.61. The van der Waals surface area contributed by atoms with Crippen molar-refractivity contribution in [1.82, 2.24) is 30.1 Å². The molecule has 34 heavy (non-hydrogen) atoms. The minimum Gasteiger partial charge on any atom is -0.466 e. The molecule has 1 aromatic carbocycles. The molecule has 10 nitrogen and oxygen atoms in total. The summed E-state index contributed by atoms with van der Waals surface area (Å²) >= 11 is 0. The van der Waals surface area contributed by atoms with Gasteiger partial charge in [-0.3, -0.25) is 14.5 Å². The number of rotatable bonds is 8. The molecule has 0 bridgehead atoms. The molecule has 4 rings (SSSR count). The molecule has 0 aliphatic carbocycles. The number of ether oxygens (including phenoxy) is 2. The van der Waals surface area contributed by atoms with Gasteiger partial charge in [0.05, 0.1) is 25.7 Å². The first kappa shape index (κ1) is 24.0. The van der Waals surface area contributed by atoms with Crippen LogP contribution in [0.4, 0.5) is 0 Å². The summed E-state index contributed by atoms with van der Waals surface area (Å²) in [6.45, 7) is 8.44. The van der Waals surface area contributed by atoms with Crippen molar-refractivity contribution >= 4 is 16.9 Å². The van der Waals surface area contributed by atoms with Crippen molar-refractivity contribution in [2.45, 2.75) is 46.2 Å². The van der Waals surface area contributed by atoms with Crippen molar-refractivity contribution in [3.8, 4) is 0 Å². The summed E-state index contributed by atoms with van der Waals surface area (Å²) in [6, 6.07) is 5.57. The van der Waals surface area contributed by atoms with Gasteiger partial charge in [0.1, 0.15) is 6.04 Å². The number of hydrogen-bond acceptors (Lipinski definition) is 8. The van der Waals surface area contributed by atoms with Gasteiger partial charge in [0.15, 0.2) is 5.82 Å². The average molecular weight is 469 g/mol. The molecule has 0 radical (unpaired) electrons. The van der Waals surface area contributed by atoms with Gasteiger partial charge in [-0.05, 0) is 78.8 Å². The van der Waals surface area contributed by atoms with Crippen LogP contribution in [0, 0.1) is 19.8 Å². The number of esters is 1. The quantitative estimate of drug-likeness (QED) is 0.500. The number of H-pyrrole nitrogens is 1. The second-order valence-corrected chi connectivity index (χ2v) is 8.80. The van der Waals surface area contributed by atoms with E-state index in [1.807, 2.05) is 26.0 Å². The van der Waals surface area contributed by atoms with Gasteiger partial charge in [-0.2, -0.15) is 0 Å². The lowest BCUT2D eigenvalue weighted by Gasteiger charge is -2.36. The van der Waals surface area contributed by atoms with Crippen LogP contribution in [0.5, 0.6) is 0 Å². The van der Waals surface area contributed by atoms with E-state index >= 15 is 0 Å². The number of carbonyl (C=O) groups excluding carboxylic acids is 1. The van der Waals surface area contributed by atoms with Gasteiger partial charge in [0.25, 0.3) is 5.56 Å².